The summed E-state index contributed by atoms with van der Waals surface area (Å²) in [6, 6.07) is 70.5. The summed E-state index contributed by atoms with van der Waals surface area (Å²) in [6.07, 6.45) is 8.52. The number of thiophene rings is 1. The first-order valence-electron chi connectivity index (χ1n) is 23.2. The van der Waals surface area contributed by atoms with Crippen LogP contribution < -0.4 is 4.90 Å². The van der Waals surface area contributed by atoms with Crippen LogP contribution in [0.5, 0.6) is 0 Å². The third kappa shape index (κ3) is 6.04. The number of fused-ring (bicyclic) bond motifs is 8. The lowest BCUT2D eigenvalue weighted by molar-refractivity contribution is 0.241. The first-order chi connectivity index (χ1) is 31.1. The molecule has 3 heteroatoms. The van der Waals surface area contributed by atoms with Crippen LogP contribution in [-0.2, 0) is 5.41 Å². The van der Waals surface area contributed by atoms with Crippen molar-refractivity contribution in [3.63, 3.8) is 0 Å². The molecule has 0 amide bonds. The molecule has 0 N–H and O–H groups in total. The van der Waals surface area contributed by atoms with Gasteiger partial charge in [0.05, 0.1) is 16.7 Å². The van der Waals surface area contributed by atoms with Gasteiger partial charge in [0.1, 0.15) is 0 Å². The second-order valence-electron chi connectivity index (χ2n) is 19.2. The highest BCUT2D eigenvalue weighted by Crippen LogP contribution is 2.62. The summed E-state index contributed by atoms with van der Waals surface area (Å²) < 4.78 is 5.09. The van der Waals surface area contributed by atoms with Crippen LogP contribution in [0, 0.1) is 23.7 Å². The predicted molar refractivity (Wildman–Crippen MR) is 268 cm³/mol. The molecule has 0 aliphatic heterocycles. The van der Waals surface area contributed by atoms with Gasteiger partial charge >= 0.3 is 0 Å². The summed E-state index contributed by atoms with van der Waals surface area (Å²) >= 11 is 1.89. The van der Waals surface area contributed by atoms with Gasteiger partial charge in [0.15, 0.2) is 0 Å². The van der Waals surface area contributed by atoms with Gasteiger partial charge < -0.3 is 9.47 Å². The van der Waals surface area contributed by atoms with Gasteiger partial charge in [0.2, 0.25) is 0 Å². The van der Waals surface area contributed by atoms with E-state index in [0.717, 1.165) is 23.7 Å². The van der Waals surface area contributed by atoms with Gasteiger partial charge in [-0.25, -0.2) is 0 Å². The molecule has 2 heterocycles. The molecule has 3 fully saturated rings. The summed E-state index contributed by atoms with van der Waals surface area (Å²) in [6.45, 7) is 2.53. The van der Waals surface area contributed by atoms with Crippen molar-refractivity contribution in [3.05, 3.63) is 194 Å². The van der Waals surface area contributed by atoms with E-state index in [1.54, 1.807) is 5.56 Å². The largest absolute Gasteiger partial charge is 0.310 e. The van der Waals surface area contributed by atoms with Crippen LogP contribution in [-0.4, -0.2) is 4.57 Å². The number of benzene rings is 8. The summed E-state index contributed by atoms with van der Waals surface area (Å²) in [5.41, 5.74) is 14.0. The standard InChI is InChI=1S/C60H50N2S/c1-39-32-40-33-41-35-46(34-40)60(37-39,38-41)45-24-28-48(29-25-45)61(49-30-31-54-53-13-5-9-17-58(53)63-59(54)36-49)47-26-22-43(23-27-47)42-18-20-44(21-19-42)50-10-2-6-14-55(50)62-56-15-7-3-11-51(56)52-12-4-8-16-57(52)62/h2-31,36,39-41,46H,32-35,37-38H2,1H3/t39-,40-,41+,46+,60?/m0/s1. The molecule has 5 atom stereocenters. The highest BCUT2D eigenvalue weighted by Gasteiger charge is 2.54. The molecule has 3 aliphatic carbocycles. The van der Waals surface area contributed by atoms with Crippen molar-refractivity contribution in [1.82, 2.24) is 4.57 Å². The number of hydrogen-bond donors (Lipinski definition) is 0. The number of rotatable bonds is 7. The molecule has 0 saturated heterocycles. The Kier molecular flexibility index (Phi) is 8.60. The average Bonchev–Trinajstić information content (AvgIpc) is 3.93. The minimum absolute atomic E-state index is 0.346. The van der Waals surface area contributed by atoms with Gasteiger partial charge in [-0.05, 0) is 151 Å². The van der Waals surface area contributed by atoms with Gasteiger partial charge in [-0.2, -0.15) is 0 Å². The van der Waals surface area contributed by atoms with E-state index in [1.165, 1.54) is 126 Å². The van der Waals surface area contributed by atoms with Gasteiger partial charge in [-0.15, -0.1) is 11.3 Å². The first-order valence-corrected chi connectivity index (χ1v) is 24.0. The fourth-order valence-electron chi connectivity index (χ4n) is 13.0. The maximum Gasteiger partial charge on any atom is 0.0541 e. The third-order valence-electron chi connectivity index (χ3n) is 15.5. The molecule has 63 heavy (non-hydrogen) atoms. The summed E-state index contributed by atoms with van der Waals surface area (Å²) in [4.78, 5) is 2.47. The van der Waals surface area contributed by atoms with Crippen LogP contribution in [0.25, 0.3) is 69.9 Å². The van der Waals surface area contributed by atoms with E-state index in [1.807, 2.05) is 11.3 Å². The topological polar surface area (TPSA) is 8.17 Å². The molecule has 3 saturated carbocycles. The zero-order chi connectivity index (χ0) is 41.6. The minimum atomic E-state index is 0.346. The molecule has 10 aromatic rings. The monoisotopic (exact) mass is 830 g/mol. The Morgan fingerprint density at radius 2 is 1.05 bits per heavy atom. The van der Waals surface area contributed by atoms with E-state index < -0.39 is 0 Å². The third-order valence-corrected chi connectivity index (χ3v) is 16.6. The fourth-order valence-corrected chi connectivity index (χ4v) is 14.2. The molecule has 2 nitrogen and oxygen atoms in total. The maximum atomic E-state index is 2.53. The first kappa shape index (κ1) is 37.2. The molecule has 13 rings (SSSR count). The Hall–Kier alpha value is -6.42. The lowest BCUT2D eigenvalue weighted by Gasteiger charge is -2.37. The van der Waals surface area contributed by atoms with Crippen LogP contribution in [0.2, 0.25) is 0 Å². The molecule has 1 unspecified atom stereocenters. The zero-order valence-corrected chi connectivity index (χ0v) is 36.6. The van der Waals surface area contributed by atoms with Gasteiger partial charge in [0.25, 0.3) is 0 Å². The van der Waals surface area contributed by atoms with Crippen molar-refractivity contribution in [2.24, 2.45) is 23.7 Å². The zero-order valence-electron chi connectivity index (χ0n) is 35.8. The predicted octanol–water partition coefficient (Wildman–Crippen LogP) is 17.1. The van der Waals surface area contributed by atoms with Gasteiger partial charge in [0, 0.05) is 53.6 Å². The van der Waals surface area contributed by atoms with Crippen molar-refractivity contribution in [2.75, 3.05) is 4.90 Å². The Morgan fingerprint density at radius 1 is 0.476 bits per heavy atom. The molecule has 0 radical (unpaired) electrons. The quantitative estimate of drug-likeness (QED) is 0.155. The van der Waals surface area contributed by atoms with E-state index in [9.17, 15) is 0 Å². The normalized spacial score (nSPS) is 21.7. The lowest BCUT2D eigenvalue weighted by atomic mass is 9.68. The van der Waals surface area contributed by atoms with Crippen molar-refractivity contribution in [3.8, 4) is 27.9 Å². The number of para-hydroxylation sites is 3. The van der Waals surface area contributed by atoms with Crippen molar-refractivity contribution >= 4 is 70.4 Å². The second-order valence-corrected chi connectivity index (χ2v) is 20.3. The molecule has 3 aliphatic rings. The van der Waals surface area contributed by atoms with E-state index in [-0.39, 0.29) is 0 Å². The van der Waals surface area contributed by atoms with Crippen molar-refractivity contribution < 1.29 is 0 Å². The van der Waals surface area contributed by atoms with E-state index in [4.69, 9.17) is 0 Å². The Labute approximate surface area is 374 Å². The minimum Gasteiger partial charge on any atom is -0.310 e. The maximum absolute atomic E-state index is 2.53. The molecule has 3 bridgehead atoms. The van der Waals surface area contributed by atoms with E-state index in [2.05, 4.69) is 204 Å². The van der Waals surface area contributed by atoms with Crippen molar-refractivity contribution in [2.45, 2.75) is 50.9 Å². The number of aromatic nitrogens is 1. The Bertz CT molecular complexity index is 3280. The summed E-state index contributed by atoms with van der Waals surface area (Å²) in [7, 11) is 0. The number of nitrogens with zero attached hydrogens (tertiary/aromatic N) is 2. The Morgan fingerprint density at radius 3 is 1.79 bits per heavy atom. The Balaban J connectivity index is 0.854. The highest BCUT2D eigenvalue weighted by molar-refractivity contribution is 7.25. The molecule has 306 valence electrons. The smallest absolute Gasteiger partial charge is 0.0541 e. The fraction of sp³-hybridized carbons (Fsp3) is 0.200. The van der Waals surface area contributed by atoms with Crippen LogP contribution in [0.4, 0.5) is 17.1 Å². The molecule has 0 spiro atoms. The van der Waals surface area contributed by atoms with E-state index in [0.29, 0.717) is 5.41 Å². The van der Waals surface area contributed by atoms with Crippen LogP contribution in [0.1, 0.15) is 51.0 Å². The SMILES string of the molecule is C[C@H]1C[C@H]2C[C@@H]3C[C@@H](C2)C(c2ccc(N(c4ccc(-c5ccc(-c6ccccc6-n6c7ccccc7c7ccccc76)cc5)cc4)c4ccc5c(c4)sc4ccccc45)cc2)(C1)C3. The molecule has 2 aromatic heterocycles. The van der Waals surface area contributed by atoms with Crippen LogP contribution in [0.15, 0.2) is 188 Å². The van der Waals surface area contributed by atoms with Gasteiger partial charge in [-0.1, -0.05) is 134 Å². The molecular formula is C60H50N2S. The van der Waals surface area contributed by atoms with Crippen molar-refractivity contribution in [1.29, 1.82) is 0 Å². The highest BCUT2D eigenvalue weighted by atomic mass is 32.1. The van der Waals surface area contributed by atoms with Crippen LogP contribution >= 0.6 is 11.3 Å². The average molecular weight is 831 g/mol. The molecule has 8 aromatic carbocycles. The van der Waals surface area contributed by atoms with Gasteiger partial charge in [-0.3, -0.25) is 0 Å². The second kappa shape index (κ2) is 14.6. The number of anilines is 3. The molecular weight excluding hydrogens is 781 g/mol. The van der Waals surface area contributed by atoms with E-state index >= 15 is 0 Å². The summed E-state index contributed by atoms with van der Waals surface area (Å²) in [5, 5.41) is 5.23. The van der Waals surface area contributed by atoms with Crippen LogP contribution in [0.3, 0.4) is 0 Å². The number of hydrogen-bond acceptors (Lipinski definition) is 2. The lowest BCUT2D eigenvalue weighted by Crippen LogP contribution is -2.31. The summed E-state index contributed by atoms with van der Waals surface area (Å²) in [5.74, 6) is 3.52.